The van der Waals surface area contributed by atoms with E-state index < -0.39 is 0 Å². The highest BCUT2D eigenvalue weighted by Crippen LogP contribution is 2.21. The van der Waals surface area contributed by atoms with Crippen LogP contribution in [0.5, 0.6) is 0 Å². The number of anilines is 1. The molecule has 144 valence electrons. The van der Waals surface area contributed by atoms with Crippen LogP contribution in [0.1, 0.15) is 58.9 Å². The van der Waals surface area contributed by atoms with E-state index >= 15 is 0 Å². The molecule has 0 fully saturated rings. The van der Waals surface area contributed by atoms with Gasteiger partial charge in [0.25, 0.3) is 0 Å². The molecule has 0 aliphatic heterocycles. The molecule has 0 amide bonds. The molecular formula is C23H37N3. The van der Waals surface area contributed by atoms with Gasteiger partial charge in [0, 0.05) is 30.7 Å². The Balaban J connectivity index is 2.68. The van der Waals surface area contributed by atoms with Crippen LogP contribution in [0.15, 0.2) is 59.5 Å². The first-order chi connectivity index (χ1) is 12.4. The number of hydrogen-bond acceptors (Lipinski definition) is 3. The van der Waals surface area contributed by atoms with E-state index in [-0.39, 0.29) is 0 Å². The third-order valence-electron chi connectivity index (χ3n) is 4.83. The molecule has 0 aliphatic rings. The first-order valence-corrected chi connectivity index (χ1v) is 9.72. The maximum absolute atomic E-state index is 6.23. The summed E-state index contributed by atoms with van der Waals surface area (Å²) < 4.78 is 0. The lowest BCUT2D eigenvalue weighted by Gasteiger charge is -2.19. The van der Waals surface area contributed by atoms with Crippen LogP contribution in [0, 0.1) is 0 Å². The molecule has 3 N–H and O–H groups in total. The van der Waals surface area contributed by atoms with Gasteiger partial charge in [0.2, 0.25) is 0 Å². The Labute approximate surface area is 160 Å². The van der Waals surface area contributed by atoms with E-state index in [2.05, 4.69) is 88.3 Å². The van der Waals surface area contributed by atoms with Gasteiger partial charge >= 0.3 is 0 Å². The van der Waals surface area contributed by atoms with Gasteiger partial charge in [0.15, 0.2) is 0 Å². The number of hydrogen-bond donors (Lipinski definition) is 2. The van der Waals surface area contributed by atoms with Crippen LogP contribution in [-0.2, 0) is 0 Å². The fourth-order valence-corrected chi connectivity index (χ4v) is 2.81. The predicted molar refractivity (Wildman–Crippen MR) is 116 cm³/mol. The summed E-state index contributed by atoms with van der Waals surface area (Å²) in [6.07, 6.45) is 8.44. The second-order valence-corrected chi connectivity index (χ2v) is 7.13. The number of nitrogens with zero attached hydrogens (tertiary/aromatic N) is 1. The molecule has 1 aromatic rings. The molecule has 0 aromatic heterocycles. The molecule has 1 unspecified atom stereocenters. The molecule has 0 bridgehead atoms. The van der Waals surface area contributed by atoms with Crippen LogP contribution in [-0.4, -0.2) is 25.0 Å². The Morgan fingerprint density at radius 3 is 2.62 bits per heavy atom. The number of benzene rings is 1. The lowest BCUT2D eigenvalue weighted by molar-refractivity contribution is 0.393. The smallest absolute Gasteiger partial charge is 0.0395 e. The first-order valence-electron chi connectivity index (χ1n) is 9.72. The van der Waals surface area contributed by atoms with E-state index in [1.807, 2.05) is 6.20 Å². The van der Waals surface area contributed by atoms with Crippen LogP contribution < -0.4 is 11.1 Å². The Morgan fingerprint density at radius 1 is 1.27 bits per heavy atom. The lowest BCUT2D eigenvalue weighted by atomic mass is 9.98. The minimum atomic E-state index is 0.572. The Hall–Kier alpha value is -2.00. The fraction of sp³-hybridized carbons (Fsp3) is 0.478. The van der Waals surface area contributed by atoms with Gasteiger partial charge in [-0.3, -0.25) is 4.90 Å². The number of nitrogens with two attached hydrogens (primary N) is 1. The molecule has 26 heavy (non-hydrogen) atoms. The second kappa shape index (κ2) is 11.6. The first kappa shape index (κ1) is 22.0. The average molecular weight is 356 g/mol. The molecule has 0 aliphatic carbocycles. The van der Waals surface area contributed by atoms with Crippen LogP contribution in [0.4, 0.5) is 5.69 Å². The summed E-state index contributed by atoms with van der Waals surface area (Å²) in [7, 11) is 2.11. The van der Waals surface area contributed by atoms with Crippen molar-refractivity contribution in [3.05, 3.63) is 65.0 Å². The van der Waals surface area contributed by atoms with Crippen molar-refractivity contribution >= 4 is 5.69 Å². The summed E-state index contributed by atoms with van der Waals surface area (Å²) in [5.74, 6) is 0.572. The fourth-order valence-electron chi connectivity index (χ4n) is 2.81. The minimum absolute atomic E-state index is 0.572. The maximum atomic E-state index is 6.23. The summed E-state index contributed by atoms with van der Waals surface area (Å²) in [6, 6.07) is 8.57. The van der Waals surface area contributed by atoms with Crippen molar-refractivity contribution in [3.8, 4) is 0 Å². The molecule has 1 rings (SSSR count). The number of allylic oxidation sites excluding steroid dienone is 2. The number of likely N-dealkylation sites (N-methyl/N-ethyl adjacent to an activating group) is 1. The SMILES string of the molecule is C/C=C\C(CN(C)C/C(N)=C/Nc1cccc(C(C)CC)c1)=C(/C)CC. The monoisotopic (exact) mass is 355 g/mol. The van der Waals surface area contributed by atoms with E-state index in [4.69, 9.17) is 5.73 Å². The molecule has 0 radical (unpaired) electrons. The zero-order valence-corrected chi connectivity index (χ0v) is 17.5. The van der Waals surface area contributed by atoms with Crippen LogP contribution >= 0.6 is 0 Å². The lowest BCUT2D eigenvalue weighted by Crippen LogP contribution is -2.26. The molecule has 0 saturated heterocycles. The Kier molecular flexibility index (Phi) is 9.82. The van der Waals surface area contributed by atoms with Gasteiger partial charge < -0.3 is 11.1 Å². The number of nitrogens with one attached hydrogen (secondary N) is 1. The van der Waals surface area contributed by atoms with E-state index in [0.29, 0.717) is 5.92 Å². The Morgan fingerprint density at radius 2 is 2.00 bits per heavy atom. The van der Waals surface area contributed by atoms with Crippen molar-refractivity contribution < 1.29 is 0 Å². The van der Waals surface area contributed by atoms with E-state index in [0.717, 1.165) is 37.3 Å². The van der Waals surface area contributed by atoms with Gasteiger partial charge in [0.05, 0.1) is 0 Å². The standard InChI is InChI=1S/C23H37N3/c1-7-11-21(19(5)9-3)16-26(6)17-22(24)15-25-23-13-10-12-20(14-23)18(4)8-2/h7,10-15,18,25H,8-9,16-17,24H2,1-6H3/b11-7-,21-19-,22-15-. The predicted octanol–water partition coefficient (Wildman–Crippen LogP) is 5.65. The quantitative estimate of drug-likeness (QED) is 0.533. The van der Waals surface area contributed by atoms with Gasteiger partial charge in [-0.2, -0.15) is 0 Å². The van der Waals surface area contributed by atoms with Crippen molar-refractivity contribution in [1.82, 2.24) is 4.90 Å². The summed E-state index contributed by atoms with van der Waals surface area (Å²) in [4.78, 5) is 2.25. The zero-order valence-electron chi connectivity index (χ0n) is 17.5. The molecule has 3 heteroatoms. The van der Waals surface area contributed by atoms with E-state index in [1.165, 1.54) is 16.7 Å². The summed E-state index contributed by atoms with van der Waals surface area (Å²) in [6.45, 7) is 12.6. The minimum Gasteiger partial charge on any atom is -0.400 e. The molecule has 0 spiro atoms. The van der Waals surface area contributed by atoms with Gasteiger partial charge in [-0.1, -0.05) is 50.6 Å². The van der Waals surface area contributed by atoms with Crippen molar-refractivity contribution in [2.75, 3.05) is 25.5 Å². The van der Waals surface area contributed by atoms with Crippen LogP contribution in [0.3, 0.4) is 0 Å². The topological polar surface area (TPSA) is 41.3 Å². The molecule has 0 saturated carbocycles. The highest BCUT2D eigenvalue weighted by atomic mass is 15.1. The summed E-state index contributed by atoms with van der Waals surface area (Å²) in [5.41, 5.74) is 12.3. The largest absolute Gasteiger partial charge is 0.400 e. The zero-order chi connectivity index (χ0) is 19.5. The highest BCUT2D eigenvalue weighted by molar-refractivity contribution is 5.49. The van der Waals surface area contributed by atoms with Gasteiger partial charge in [-0.05, 0) is 62.9 Å². The van der Waals surface area contributed by atoms with E-state index in [1.54, 1.807) is 0 Å². The molecule has 3 nitrogen and oxygen atoms in total. The van der Waals surface area contributed by atoms with Crippen LogP contribution in [0.2, 0.25) is 0 Å². The van der Waals surface area contributed by atoms with Crippen molar-refractivity contribution in [2.45, 2.75) is 53.4 Å². The highest BCUT2D eigenvalue weighted by Gasteiger charge is 2.06. The third kappa shape index (κ3) is 7.49. The summed E-state index contributed by atoms with van der Waals surface area (Å²) in [5, 5.41) is 3.34. The van der Waals surface area contributed by atoms with Gasteiger partial charge in [-0.15, -0.1) is 0 Å². The molecule has 1 aromatic carbocycles. The molecule has 1 atom stereocenters. The van der Waals surface area contributed by atoms with E-state index in [9.17, 15) is 0 Å². The summed E-state index contributed by atoms with van der Waals surface area (Å²) >= 11 is 0. The average Bonchev–Trinajstić information content (AvgIpc) is 2.64. The van der Waals surface area contributed by atoms with Gasteiger partial charge in [-0.25, -0.2) is 0 Å². The van der Waals surface area contributed by atoms with Crippen molar-refractivity contribution in [2.24, 2.45) is 5.73 Å². The van der Waals surface area contributed by atoms with Gasteiger partial charge in [0.1, 0.15) is 0 Å². The number of rotatable bonds is 10. The second-order valence-electron chi connectivity index (χ2n) is 7.13. The van der Waals surface area contributed by atoms with Crippen LogP contribution in [0.25, 0.3) is 0 Å². The molecular weight excluding hydrogens is 318 g/mol. The third-order valence-corrected chi connectivity index (χ3v) is 4.83. The maximum Gasteiger partial charge on any atom is 0.0395 e. The molecule has 0 heterocycles. The van der Waals surface area contributed by atoms with Crippen molar-refractivity contribution in [1.29, 1.82) is 0 Å². The van der Waals surface area contributed by atoms with Crippen molar-refractivity contribution in [3.63, 3.8) is 0 Å². The Bertz CT molecular complexity index is 641. The normalized spacial score (nSPS) is 14.7.